The number of hydrogen-bond donors (Lipinski definition) is 1. The van der Waals surface area contributed by atoms with E-state index < -0.39 is 0 Å². The normalized spacial score (nSPS) is 15.0. The maximum atomic E-state index is 12.3. The first-order valence-electron chi connectivity index (χ1n) is 6.50. The summed E-state index contributed by atoms with van der Waals surface area (Å²) in [4.78, 5) is 25.9. The van der Waals surface area contributed by atoms with Gasteiger partial charge < -0.3 is 4.90 Å². The molecular formula is C12H16N6O2. The Bertz CT molecular complexity index is 710. The van der Waals surface area contributed by atoms with E-state index in [0.717, 1.165) is 11.5 Å². The molecule has 1 aliphatic heterocycles. The molecule has 0 atom stereocenters. The van der Waals surface area contributed by atoms with E-state index in [1.165, 1.54) is 4.68 Å². The van der Waals surface area contributed by atoms with Gasteiger partial charge in [0.05, 0.1) is 0 Å². The van der Waals surface area contributed by atoms with Crippen LogP contribution in [0.4, 0.5) is 0 Å². The summed E-state index contributed by atoms with van der Waals surface area (Å²) in [5, 5.41) is 10.9. The number of carbonyl (C=O) groups is 1. The molecule has 0 saturated heterocycles. The standard InChI is InChI=1S/C12H16N6O2/c1-8-7-9(14-13-8)11(19)17-4-3-10-15-16(2)12(20)18(10)6-5-17/h7H,3-6H2,1-2H3,(H,13,14). The van der Waals surface area contributed by atoms with Crippen LogP contribution in [0.1, 0.15) is 22.0 Å². The van der Waals surface area contributed by atoms with Gasteiger partial charge in [0, 0.05) is 38.8 Å². The summed E-state index contributed by atoms with van der Waals surface area (Å²) in [7, 11) is 1.64. The highest BCUT2D eigenvalue weighted by atomic mass is 16.2. The van der Waals surface area contributed by atoms with E-state index >= 15 is 0 Å². The molecule has 0 spiro atoms. The second-order valence-corrected chi connectivity index (χ2v) is 4.95. The van der Waals surface area contributed by atoms with Gasteiger partial charge in [0.1, 0.15) is 11.5 Å². The van der Waals surface area contributed by atoms with Gasteiger partial charge in [-0.1, -0.05) is 0 Å². The quantitative estimate of drug-likeness (QED) is 0.747. The number of H-pyrrole nitrogens is 1. The van der Waals surface area contributed by atoms with Crippen LogP contribution in [0.15, 0.2) is 10.9 Å². The molecule has 0 aromatic carbocycles. The van der Waals surface area contributed by atoms with Crippen molar-refractivity contribution in [2.24, 2.45) is 7.05 Å². The molecule has 0 aliphatic carbocycles. The van der Waals surface area contributed by atoms with Crippen molar-refractivity contribution in [3.05, 3.63) is 33.8 Å². The molecule has 1 N–H and O–H groups in total. The van der Waals surface area contributed by atoms with Crippen LogP contribution in [0, 0.1) is 6.92 Å². The van der Waals surface area contributed by atoms with Crippen molar-refractivity contribution in [2.75, 3.05) is 13.1 Å². The van der Waals surface area contributed by atoms with Crippen molar-refractivity contribution in [1.29, 1.82) is 0 Å². The number of aromatic amines is 1. The summed E-state index contributed by atoms with van der Waals surface area (Å²) >= 11 is 0. The van der Waals surface area contributed by atoms with Crippen LogP contribution in [0.2, 0.25) is 0 Å². The predicted molar refractivity (Wildman–Crippen MR) is 70.4 cm³/mol. The topological polar surface area (TPSA) is 88.8 Å². The Balaban J connectivity index is 1.80. The molecule has 8 nitrogen and oxygen atoms in total. The van der Waals surface area contributed by atoms with Gasteiger partial charge >= 0.3 is 5.69 Å². The number of fused-ring (bicyclic) bond motifs is 1. The average Bonchev–Trinajstić information content (AvgIpc) is 2.88. The fourth-order valence-electron chi connectivity index (χ4n) is 2.42. The van der Waals surface area contributed by atoms with Gasteiger partial charge in [0.2, 0.25) is 0 Å². The van der Waals surface area contributed by atoms with E-state index in [1.807, 2.05) is 6.92 Å². The SMILES string of the molecule is Cc1cc(C(=O)N2CCc3nn(C)c(=O)n3CC2)n[nH]1. The third kappa shape index (κ3) is 2.02. The maximum Gasteiger partial charge on any atom is 0.345 e. The molecule has 0 saturated carbocycles. The lowest BCUT2D eigenvalue weighted by molar-refractivity contribution is 0.0752. The molecule has 0 fully saturated rings. The van der Waals surface area contributed by atoms with Gasteiger partial charge in [-0.15, -0.1) is 0 Å². The third-order valence-corrected chi connectivity index (χ3v) is 3.50. The van der Waals surface area contributed by atoms with E-state index in [4.69, 9.17) is 0 Å². The number of rotatable bonds is 1. The Morgan fingerprint density at radius 1 is 1.35 bits per heavy atom. The van der Waals surface area contributed by atoms with Crippen LogP contribution in [-0.2, 0) is 20.0 Å². The Morgan fingerprint density at radius 3 is 2.85 bits per heavy atom. The van der Waals surface area contributed by atoms with Crippen LogP contribution in [0.5, 0.6) is 0 Å². The monoisotopic (exact) mass is 276 g/mol. The highest BCUT2D eigenvalue weighted by Gasteiger charge is 2.23. The fraction of sp³-hybridized carbons (Fsp3) is 0.500. The van der Waals surface area contributed by atoms with Crippen molar-refractivity contribution in [3.8, 4) is 0 Å². The number of nitrogens with one attached hydrogen (secondary N) is 1. The van der Waals surface area contributed by atoms with E-state index in [-0.39, 0.29) is 11.6 Å². The molecule has 1 amide bonds. The van der Waals surface area contributed by atoms with Crippen molar-refractivity contribution in [1.82, 2.24) is 29.4 Å². The smallest absolute Gasteiger partial charge is 0.335 e. The molecule has 20 heavy (non-hydrogen) atoms. The number of hydrogen-bond acceptors (Lipinski definition) is 4. The highest BCUT2D eigenvalue weighted by molar-refractivity contribution is 5.92. The highest BCUT2D eigenvalue weighted by Crippen LogP contribution is 2.09. The number of carbonyl (C=O) groups excluding carboxylic acids is 1. The van der Waals surface area contributed by atoms with Crippen molar-refractivity contribution >= 4 is 5.91 Å². The van der Waals surface area contributed by atoms with E-state index in [9.17, 15) is 9.59 Å². The minimum absolute atomic E-state index is 0.114. The molecular weight excluding hydrogens is 260 g/mol. The van der Waals surface area contributed by atoms with Crippen LogP contribution >= 0.6 is 0 Å². The molecule has 0 unspecified atom stereocenters. The summed E-state index contributed by atoms with van der Waals surface area (Å²) in [5.41, 5.74) is 1.13. The Kier molecular flexibility index (Phi) is 2.92. The summed E-state index contributed by atoms with van der Waals surface area (Å²) < 4.78 is 2.97. The molecule has 2 aromatic heterocycles. The zero-order chi connectivity index (χ0) is 14.3. The zero-order valence-corrected chi connectivity index (χ0v) is 11.5. The molecule has 0 radical (unpaired) electrons. The number of nitrogens with zero attached hydrogens (tertiary/aromatic N) is 5. The Hall–Kier alpha value is -2.38. The first-order valence-corrected chi connectivity index (χ1v) is 6.50. The maximum absolute atomic E-state index is 12.3. The van der Waals surface area contributed by atoms with Crippen LogP contribution in [-0.4, -0.2) is 48.4 Å². The zero-order valence-electron chi connectivity index (χ0n) is 11.5. The molecule has 1 aliphatic rings. The first kappa shape index (κ1) is 12.6. The Labute approximate surface area is 115 Å². The molecule has 2 aromatic rings. The predicted octanol–water partition coefficient (Wildman–Crippen LogP) is -0.688. The van der Waals surface area contributed by atoms with Crippen molar-refractivity contribution in [3.63, 3.8) is 0 Å². The first-order chi connectivity index (χ1) is 9.56. The number of aromatic nitrogens is 5. The second-order valence-electron chi connectivity index (χ2n) is 4.95. The van der Waals surface area contributed by atoms with E-state index in [1.54, 1.807) is 22.6 Å². The van der Waals surface area contributed by atoms with Gasteiger partial charge in [0.25, 0.3) is 5.91 Å². The summed E-state index contributed by atoms with van der Waals surface area (Å²) in [5.74, 6) is 0.614. The van der Waals surface area contributed by atoms with Crippen LogP contribution in [0.3, 0.4) is 0 Å². The summed E-state index contributed by atoms with van der Waals surface area (Å²) in [6.07, 6.45) is 0.575. The van der Waals surface area contributed by atoms with Gasteiger partial charge in [-0.25, -0.2) is 9.48 Å². The van der Waals surface area contributed by atoms with Gasteiger partial charge in [-0.3, -0.25) is 14.5 Å². The van der Waals surface area contributed by atoms with E-state index in [2.05, 4.69) is 15.3 Å². The molecule has 3 heterocycles. The largest absolute Gasteiger partial charge is 0.345 e. The van der Waals surface area contributed by atoms with Gasteiger partial charge in [-0.05, 0) is 13.0 Å². The minimum Gasteiger partial charge on any atom is -0.335 e. The summed E-state index contributed by atoms with van der Waals surface area (Å²) in [6, 6.07) is 1.73. The lowest BCUT2D eigenvalue weighted by Crippen LogP contribution is -2.35. The third-order valence-electron chi connectivity index (χ3n) is 3.50. The molecule has 0 bridgehead atoms. The van der Waals surface area contributed by atoms with Gasteiger partial charge in [0.15, 0.2) is 0 Å². The minimum atomic E-state index is -0.134. The molecule has 8 heteroatoms. The van der Waals surface area contributed by atoms with Gasteiger partial charge in [-0.2, -0.15) is 10.2 Å². The van der Waals surface area contributed by atoms with Crippen LogP contribution < -0.4 is 5.69 Å². The van der Waals surface area contributed by atoms with E-state index in [0.29, 0.717) is 31.7 Å². The number of aryl methyl sites for hydroxylation is 2. The summed E-state index contributed by atoms with van der Waals surface area (Å²) in [6.45, 7) is 3.35. The molecule has 3 rings (SSSR count). The number of amides is 1. The van der Waals surface area contributed by atoms with Crippen molar-refractivity contribution < 1.29 is 4.79 Å². The van der Waals surface area contributed by atoms with Crippen molar-refractivity contribution in [2.45, 2.75) is 19.9 Å². The molecule has 106 valence electrons. The lowest BCUT2D eigenvalue weighted by Gasteiger charge is -2.18. The average molecular weight is 276 g/mol. The lowest BCUT2D eigenvalue weighted by atomic mass is 10.3. The Morgan fingerprint density at radius 2 is 2.15 bits per heavy atom. The fourth-order valence-corrected chi connectivity index (χ4v) is 2.42. The second kappa shape index (κ2) is 4.62. The van der Waals surface area contributed by atoms with Crippen LogP contribution in [0.25, 0.3) is 0 Å².